The molecule has 0 aromatic heterocycles. The van der Waals surface area contributed by atoms with Crippen molar-refractivity contribution in [1.29, 1.82) is 0 Å². The molecule has 142 valence electrons. The van der Waals surface area contributed by atoms with Gasteiger partial charge < -0.3 is 9.64 Å². The molecule has 1 aliphatic rings. The van der Waals surface area contributed by atoms with Crippen LogP contribution in [0.4, 0.5) is 0 Å². The summed E-state index contributed by atoms with van der Waals surface area (Å²) in [6, 6.07) is 6.96. The van der Waals surface area contributed by atoms with Gasteiger partial charge in [-0.1, -0.05) is 6.92 Å². The van der Waals surface area contributed by atoms with Crippen molar-refractivity contribution < 1.29 is 13.2 Å². The number of sulfonamides is 1. The molecule has 7 heteroatoms. The van der Waals surface area contributed by atoms with Gasteiger partial charge in [-0.3, -0.25) is 4.90 Å². The van der Waals surface area contributed by atoms with E-state index in [-0.39, 0.29) is 0 Å². The lowest BCUT2D eigenvalue weighted by atomic mass is 10.2. The lowest BCUT2D eigenvalue weighted by Gasteiger charge is -2.30. The van der Waals surface area contributed by atoms with Crippen molar-refractivity contribution in [3.8, 4) is 5.75 Å². The molecule has 1 heterocycles. The van der Waals surface area contributed by atoms with Gasteiger partial charge in [-0.15, -0.1) is 0 Å². The number of nitrogens with zero attached hydrogens (tertiary/aromatic N) is 3. The van der Waals surface area contributed by atoms with Gasteiger partial charge >= 0.3 is 0 Å². The Bertz CT molecular complexity index is 631. The van der Waals surface area contributed by atoms with Crippen LogP contribution in [0.2, 0.25) is 0 Å². The number of hydrogen-bond acceptors (Lipinski definition) is 5. The van der Waals surface area contributed by atoms with Crippen molar-refractivity contribution in [3.63, 3.8) is 0 Å². The van der Waals surface area contributed by atoms with Gasteiger partial charge in [0.05, 0.1) is 12.0 Å². The highest BCUT2D eigenvalue weighted by atomic mass is 32.2. The zero-order valence-electron chi connectivity index (χ0n) is 15.8. The molecule has 25 heavy (non-hydrogen) atoms. The van der Waals surface area contributed by atoms with Crippen LogP contribution in [-0.2, 0) is 10.0 Å². The molecule has 0 bridgehead atoms. The van der Waals surface area contributed by atoms with Gasteiger partial charge in [-0.05, 0) is 64.3 Å². The van der Waals surface area contributed by atoms with Crippen LogP contribution < -0.4 is 4.74 Å². The van der Waals surface area contributed by atoms with E-state index in [1.54, 1.807) is 35.7 Å². The molecule has 1 aromatic carbocycles. The van der Waals surface area contributed by atoms with Gasteiger partial charge in [0.2, 0.25) is 10.0 Å². The Balaban J connectivity index is 2.22. The molecule has 2 rings (SSSR count). The number of methoxy groups -OCH3 is 1. The average Bonchev–Trinajstić information content (AvgIpc) is 3.05. The molecular formula is C18H31N3O3S. The smallest absolute Gasteiger partial charge is 0.243 e. The molecule has 0 saturated carbocycles. The summed E-state index contributed by atoms with van der Waals surface area (Å²) in [7, 11) is 1.99. The van der Waals surface area contributed by atoms with Gasteiger partial charge in [0.15, 0.2) is 0 Å². The predicted molar refractivity (Wildman–Crippen MR) is 101 cm³/mol. The monoisotopic (exact) mass is 369 g/mol. The SMILES string of the molecule is CCN1CCCC1CN(CCN(C)C)S(=O)(=O)c1ccc(OC)cc1. The fraction of sp³-hybridized carbons (Fsp3) is 0.667. The molecule has 0 radical (unpaired) electrons. The van der Waals surface area contributed by atoms with Crippen molar-refractivity contribution in [2.75, 3.05) is 53.9 Å². The maximum absolute atomic E-state index is 13.2. The average molecular weight is 370 g/mol. The minimum absolute atomic E-state index is 0.306. The Hall–Kier alpha value is -1.15. The summed E-state index contributed by atoms with van der Waals surface area (Å²) in [5.74, 6) is 0.659. The predicted octanol–water partition coefficient (Wildman–Crippen LogP) is 1.73. The largest absolute Gasteiger partial charge is 0.497 e. The molecule has 1 unspecified atom stereocenters. The Kier molecular flexibility index (Phi) is 7.25. The number of likely N-dealkylation sites (tertiary alicyclic amines) is 1. The first-order chi connectivity index (χ1) is 11.9. The van der Waals surface area contributed by atoms with Crippen molar-refractivity contribution in [2.45, 2.75) is 30.7 Å². The Morgan fingerprint density at radius 3 is 2.44 bits per heavy atom. The zero-order chi connectivity index (χ0) is 18.4. The molecule has 1 saturated heterocycles. The number of benzene rings is 1. The van der Waals surface area contributed by atoms with Crippen molar-refractivity contribution in [3.05, 3.63) is 24.3 Å². The first kappa shape index (κ1) is 20.2. The fourth-order valence-corrected chi connectivity index (χ4v) is 4.74. The second-order valence-corrected chi connectivity index (χ2v) is 8.70. The van der Waals surface area contributed by atoms with E-state index in [0.717, 1.165) is 25.9 Å². The third-order valence-corrected chi connectivity index (χ3v) is 6.69. The quantitative estimate of drug-likeness (QED) is 0.664. The Morgan fingerprint density at radius 1 is 1.20 bits per heavy atom. The summed E-state index contributed by atoms with van der Waals surface area (Å²) in [5, 5.41) is 0. The van der Waals surface area contributed by atoms with Crippen LogP contribution in [0.15, 0.2) is 29.2 Å². The zero-order valence-corrected chi connectivity index (χ0v) is 16.6. The molecular weight excluding hydrogens is 338 g/mol. The van der Waals surface area contributed by atoms with E-state index in [4.69, 9.17) is 4.74 Å². The highest BCUT2D eigenvalue weighted by Crippen LogP contribution is 2.23. The molecule has 0 spiro atoms. The minimum atomic E-state index is -3.52. The molecule has 6 nitrogen and oxygen atoms in total. The van der Waals surface area contributed by atoms with Gasteiger partial charge in [0.1, 0.15) is 5.75 Å². The second-order valence-electron chi connectivity index (χ2n) is 6.77. The van der Waals surface area contributed by atoms with E-state index in [2.05, 4.69) is 11.8 Å². The lowest BCUT2D eigenvalue weighted by Crippen LogP contribution is -2.45. The van der Waals surface area contributed by atoms with E-state index in [1.807, 2.05) is 19.0 Å². The lowest BCUT2D eigenvalue weighted by molar-refractivity contribution is 0.220. The summed E-state index contributed by atoms with van der Waals surface area (Å²) >= 11 is 0. The number of hydrogen-bond donors (Lipinski definition) is 0. The second kappa shape index (κ2) is 8.98. The van der Waals surface area contributed by atoms with Crippen molar-refractivity contribution in [1.82, 2.24) is 14.1 Å². The van der Waals surface area contributed by atoms with E-state index >= 15 is 0 Å². The summed E-state index contributed by atoms with van der Waals surface area (Å²) in [4.78, 5) is 4.72. The van der Waals surface area contributed by atoms with Crippen LogP contribution in [-0.4, -0.2) is 82.5 Å². The fourth-order valence-electron chi connectivity index (χ4n) is 3.27. The van der Waals surface area contributed by atoms with Crippen LogP contribution >= 0.6 is 0 Å². The van der Waals surface area contributed by atoms with E-state index in [0.29, 0.717) is 36.3 Å². The third-order valence-electron chi connectivity index (χ3n) is 4.81. The summed E-state index contributed by atoms with van der Waals surface area (Å²) in [6.45, 7) is 5.92. The normalized spacial score (nSPS) is 19.0. The molecule has 1 aliphatic heterocycles. The maximum atomic E-state index is 13.2. The molecule has 0 aliphatic carbocycles. The van der Waals surface area contributed by atoms with Crippen LogP contribution in [0.25, 0.3) is 0 Å². The highest BCUT2D eigenvalue weighted by molar-refractivity contribution is 7.89. The Labute approximate surface area is 152 Å². The molecule has 1 fully saturated rings. The summed E-state index contributed by atoms with van der Waals surface area (Å²) in [5.41, 5.74) is 0. The maximum Gasteiger partial charge on any atom is 0.243 e. The summed E-state index contributed by atoms with van der Waals surface area (Å²) < 4.78 is 33.1. The molecule has 1 atom stereocenters. The first-order valence-corrected chi connectivity index (χ1v) is 10.4. The molecule has 0 amide bonds. The van der Waals surface area contributed by atoms with Crippen LogP contribution in [0, 0.1) is 0 Å². The summed E-state index contributed by atoms with van der Waals surface area (Å²) in [6.07, 6.45) is 2.20. The third kappa shape index (κ3) is 5.17. The van der Waals surface area contributed by atoms with Gasteiger partial charge in [0, 0.05) is 25.7 Å². The topological polar surface area (TPSA) is 53.1 Å². The van der Waals surface area contributed by atoms with Gasteiger partial charge in [-0.25, -0.2) is 8.42 Å². The van der Waals surface area contributed by atoms with Gasteiger partial charge in [-0.2, -0.15) is 4.31 Å². The number of likely N-dealkylation sites (N-methyl/N-ethyl adjacent to an activating group) is 2. The molecule has 0 N–H and O–H groups in total. The Morgan fingerprint density at radius 2 is 1.88 bits per heavy atom. The van der Waals surface area contributed by atoms with Gasteiger partial charge in [0.25, 0.3) is 0 Å². The highest BCUT2D eigenvalue weighted by Gasteiger charge is 2.31. The van der Waals surface area contributed by atoms with E-state index in [1.165, 1.54) is 0 Å². The van der Waals surface area contributed by atoms with Crippen molar-refractivity contribution >= 4 is 10.0 Å². The van der Waals surface area contributed by atoms with Crippen LogP contribution in [0.1, 0.15) is 19.8 Å². The standard InChI is InChI=1S/C18H31N3O3S/c1-5-20-12-6-7-16(20)15-21(14-13-19(2)3)25(22,23)18-10-8-17(24-4)9-11-18/h8-11,16H,5-7,12-15H2,1-4H3. The van der Waals surface area contributed by atoms with Crippen LogP contribution in [0.5, 0.6) is 5.75 Å². The number of rotatable bonds is 9. The van der Waals surface area contributed by atoms with E-state index in [9.17, 15) is 8.42 Å². The minimum Gasteiger partial charge on any atom is -0.497 e. The first-order valence-electron chi connectivity index (χ1n) is 8.91. The number of ether oxygens (including phenoxy) is 1. The molecule has 1 aromatic rings. The van der Waals surface area contributed by atoms with E-state index < -0.39 is 10.0 Å². The van der Waals surface area contributed by atoms with Crippen molar-refractivity contribution in [2.24, 2.45) is 0 Å². The van der Waals surface area contributed by atoms with Crippen LogP contribution in [0.3, 0.4) is 0 Å².